The van der Waals surface area contributed by atoms with E-state index in [2.05, 4.69) is 84.4 Å². The van der Waals surface area contributed by atoms with E-state index >= 15 is 0 Å². The number of thioether (sulfide) groups is 1. The number of unbranched alkanes of at least 4 members (excludes halogenated alkanes) is 2. The van der Waals surface area contributed by atoms with E-state index in [-0.39, 0.29) is 0 Å². The first kappa shape index (κ1) is 26.4. The fraction of sp³-hybridized carbons (Fsp3) is 0.531. The summed E-state index contributed by atoms with van der Waals surface area (Å²) >= 11 is 2.19. The number of aromatic nitrogens is 2. The van der Waals surface area contributed by atoms with Crippen molar-refractivity contribution in [1.82, 2.24) is 10.2 Å². The summed E-state index contributed by atoms with van der Waals surface area (Å²) in [6.07, 6.45) is 11.3. The number of fused-ring (bicyclic) bond motifs is 3. The van der Waals surface area contributed by atoms with E-state index in [1.165, 1.54) is 83.4 Å². The maximum atomic E-state index is 6.00. The van der Waals surface area contributed by atoms with Crippen molar-refractivity contribution in [3.8, 4) is 11.3 Å². The smallest absolute Gasteiger partial charge is 0.156 e. The van der Waals surface area contributed by atoms with Gasteiger partial charge in [0, 0.05) is 41.7 Å². The summed E-state index contributed by atoms with van der Waals surface area (Å²) in [5, 5.41) is 12.5. The molecule has 3 aromatic rings. The van der Waals surface area contributed by atoms with Crippen LogP contribution in [0.5, 0.6) is 0 Å². The fourth-order valence-corrected chi connectivity index (χ4v) is 6.86. The van der Waals surface area contributed by atoms with E-state index in [9.17, 15) is 0 Å². The van der Waals surface area contributed by atoms with Crippen molar-refractivity contribution in [3.05, 3.63) is 64.2 Å². The predicted molar refractivity (Wildman–Crippen MR) is 158 cm³/mol. The number of aryl methyl sites for hydroxylation is 2. The van der Waals surface area contributed by atoms with Crippen LogP contribution in [0.4, 0.5) is 11.5 Å². The van der Waals surface area contributed by atoms with Crippen LogP contribution in [0.2, 0.25) is 0 Å². The lowest BCUT2D eigenvalue weighted by atomic mass is 9.90. The van der Waals surface area contributed by atoms with Crippen LogP contribution in [0.3, 0.4) is 0 Å². The zero-order chi connectivity index (χ0) is 25.6. The van der Waals surface area contributed by atoms with Gasteiger partial charge in [-0.1, -0.05) is 44.9 Å². The van der Waals surface area contributed by atoms with Crippen LogP contribution in [-0.2, 0) is 17.6 Å². The summed E-state index contributed by atoms with van der Waals surface area (Å²) in [6.45, 7) is 8.50. The van der Waals surface area contributed by atoms with Crippen LogP contribution in [0.15, 0.2) is 36.4 Å². The maximum Gasteiger partial charge on any atom is 0.156 e. The summed E-state index contributed by atoms with van der Waals surface area (Å²) in [5.41, 5.74) is 10.5. The normalized spacial score (nSPS) is 14.6. The zero-order valence-electron chi connectivity index (χ0n) is 22.9. The Morgan fingerprint density at radius 1 is 1.08 bits per heavy atom. The van der Waals surface area contributed by atoms with Gasteiger partial charge in [-0.05, 0) is 97.6 Å². The fourth-order valence-electron chi connectivity index (χ4n) is 5.49. The second-order valence-corrected chi connectivity index (χ2v) is 12.6. The number of anilines is 2. The number of hydrogen-bond donors (Lipinski definition) is 2. The van der Waals surface area contributed by atoms with Gasteiger partial charge < -0.3 is 10.1 Å². The van der Waals surface area contributed by atoms with E-state index in [4.69, 9.17) is 4.74 Å². The molecule has 5 rings (SSSR count). The Bertz CT molecular complexity index is 1180. The van der Waals surface area contributed by atoms with Crippen LogP contribution >= 0.6 is 11.8 Å². The molecule has 4 nitrogen and oxygen atoms in total. The maximum absolute atomic E-state index is 6.00. The van der Waals surface area contributed by atoms with Gasteiger partial charge >= 0.3 is 0 Å². The SMILES string of the molecule is Cc1cccc(Nc2n[nH]c3c2Cc2cc(C(C)C)c(CCCOCCCCCSC4CCC4)cc2-3)c1. The molecule has 0 spiro atoms. The summed E-state index contributed by atoms with van der Waals surface area (Å²) in [6, 6.07) is 13.3. The third kappa shape index (κ3) is 6.61. The molecule has 0 aliphatic heterocycles. The number of ether oxygens (including phenoxy) is 1. The second-order valence-electron chi connectivity index (χ2n) is 11.2. The third-order valence-electron chi connectivity index (χ3n) is 7.85. The Hall–Kier alpha value is -2.24. The molecule has 2 aliphatic rings. The van der Waals surface area contributed by atoms with Gasteiger partial charge in [0.05, 0.1) is 5.69 Å². The minimum absolute atomic E-state index is 0.515. The highest BCUT2D eigenvalue weighted by Crippen LogP contribution is 2.42. The van der Waals surface area contributed by atoms with Crippen LogP contribution < -0.4 is 5.32 Å². The van der Waals surface area contributed by atoms with Gasteiger partial charge in [-0.25, -0.2) is 0 Å². The highest BCUT2D eigenvalue weighted by Gasteiger charge is 2.26. The standard InChI is InChI=1S/C32H43N3OS/c1-22(2)28-20-25-21-30-31(34-35-32(30)33-26-12-7-10-23(3)18-26)29(25)19-24(28)11-9-16-36-15-5-4-6-17-37-27-13-8-14-27/h7,10,12,18-20,22,27H,4-6,8-9,11,13-17,21H2,1-3H3,(H2,33,34,35). The highest BCUT2D eigenvalue weighted by molar-refractivity contribution is 7.99. The van der Waals surface area contributed by atoms with Crippen molar-refractivity contribution >= 4 is 23.3 Å². The van der Waals surface area contributed by atoms with E-state index in [0.717, 1.165) is 49.2 Å². The van der Waals surface area contributed by atoms with Crippen LogP contribution in [0, 0.1) is 6.92 Å². The summed E-state index contributed by atoms with van der Waals surface area (Å²) < 4.78 is 6.00. The second kappa shape index (κ2) is 12.5. The van der Waals surface area contributed by atoms with Crippen molar-refractivity contribution < 1.29 is 4.74 Å². The average molecular weight is 518 g/mol. The summed E-state index contributed by atoms with van der Waals surface area (Å²) in [5.74, 6) is 2.79. The van der Waals surface area contributed by atoms with Gasteiger partial charge in [0.1, 0.15) is 0 Å². The average Bonchev–Trinajstić information content (AvgIpc) is 3.40. The number of nitrogens with zero attached hydrogens (tertiary/aromatic N) is 1. The minimum atomic E-state index is 0.515. The minimum Gasteiger partial charge on any atom is -0.381 e. The first-order chi connectivity index (χ1) is 18.1. The van der Waals surface area contributed by atoms with Gasteiger partial charge in [0.25, 0.3) is 0 Å². The quantitative estimate of drug-likeness (QED) is 0.164. The predicted octanol–water partition coefficient (Wildman–Crippen LogP) is 8.56. The Morgan fingerprint density at radius 2 is 1.95 bits per heavy atom. The van der Waals surface area contributed by atoms with Gasteiger partial charge in [0.2, 0.25) is 0 Å². The molecule has 37 heavy (non-hydrogen) atoms. The lowest BCUT2D eigenvalue weighted by Crippen LogP contribution is -2.13. The van der Waals surface area contributed by atoms with Gasteiger partial charge in [0.15, 0.2) is 5.82 Å². The molecule has 1 fully saturated rings. The van der Waals surface area contributed by atoms with E-state index < -0.39 is 0 Å². The molecule has 1 heterocycles. The summed E-state index contributed by atoms with van der Waals surface area (Å²) in [7, 11) is 0. The Labute approximate surface area is 227 Å². The molecule has 0 bridgehead atoms. The molecule has 1 aromatic heterocycles. The van der Waals surface area contributed by atoms with E-state index in [1.54, 1.807) is 0 Å². The van der Waals surface area contributed by atoms with Crippen molar-refractivity contribution in [2.24, 2.45) is 0 Å². The molecule has 0 amide bonds. The molecular weight excluding hydrogens is 474 g/mol. The number of H-pyrrole nitrogens is 1. The topological polar surface area (TPSA) is 49.9 Å². The third-order valence-corrected chi connectivity index (χ3v) is 9.31. The monoisotopic (exact) mass is 517 g/mol. The van der Waals surface area contributed by atoms with Gasteiger partial charge in [-0.2, -0.15) is 16.9 Å². The molecule has 0 saturated heterocycles. The molecule has 2 aliphatic carbocycles. The van der Waals surface area contributed by atoms with E-state index in [1.807, 2.05) is 0 Å². The van der Waals surface area contributed by atoms with Crippen molar-refractivity contribution in [3.63, 3.8) is 0 Å². The number of aromatic amines is 1. The Kier molecular flexibility index (Phi) is 8.93. The molecule has 5 heteroatoms. The number of rotatable bonds is 14. The number of nitrogens with one attached hydrogen (secondary N) is 2. The Balaban J connectivity index is 1.13. The van der Waals surface area contributed by atoms with Crippen LogP contribution in [0.25, 0.3) is 11.3 Å². The lowest BCUT2D eigenvalue weighted by molar-refractivity contribution is 0.128. The van der Waals surface area contributed by atoms with Crippen molar-refractivity contribution in [2.75, 3.05) is 24.3 Å². The van der Waals surface area contributed by atoms with Crippen LogP contribution in [0.1, 0.15) is 92.5 Å². The van der Waals surface area contributed by atoms with Crippen molar-refractivity contribution in [2.45, 2.75) is 89.7 Å². The first-order valence-electron chi connectivity index (χ1n) is 14.3. The molecule has 2 N–H and O–H groups in total. The largest absolute Gasteiger partial charge is 0.381 e. The molecule has 1 saturated carbocycles. The molecule has 0 radical (unpaired) electrons. The molecule has 0 unspecified atom stereocenters. The van der Waals surface area contributed by atoms with Crippen molar-refractivity contribution in [1.29, 1.82) is 0 Å². The molecule has 2 aromatic carbocycles. The molecule has 198 valence electrons. The lowest BCUT2D eigenvalue weighted by Gasteiger charge is -2.24. The molecular formula is C32H43N3OS. The zero-order valence-corrected chi connectivity index (χ0v) is 23.7. The number of hydrogen-bond acceptors (Lipinski definition) is 4. The van der Waals surface area contributed by atoms with E-state index in [0.29, 0.717) is 5.92 Å². The van der Waals surface area contributed by atoms with Gasteiger partial charge in [-0.15, -0.1) is 0 Å². The summed E-state index contributed by atoms with van der Waals surface area (Å²) in [4.78, 5) is 0. The molecule has 0 atom stereocenters. The first-order valence-corrected chi connectivity index (χ1v) is 15.4. The van der Waals surface area contributed by atoms with Gasteiger partial charge in [-0.3, -0.25) is 5.10 Å². The van der Waals surface area contributed by atoms with Crippen LogP contribution in [-0.4, -0.2) is 34.4 Å². The Morgan fingerprint density at radius 3 is 2.73 bits per heavy atom. The number of benzene rings is 2. The highest BCUT2D eigenvalue weighted by atomic mass is 32.2.